The smallest absolute Gasteiger partial charge is 0.123 e. The van der Waals surface area contributed by atoms with Crippen molar-refractivity contribution in [3.63, 3.8) is 0 Å². The molecule has 3 aromatic rings. The number of hydrogen-bond acceptors (Lipinski definition) is 2. The van der Waals surface area contributed by atoms with Gasteiger partial charge < -0.3 is 0 Å². The number of benzene rings is 3. The van der Waals surface area contributed by atoms with Crippen molar-refractivity contribution in [1.29, 1.82) is 0 Å². The van der Waals surface area contributed by atoms with Gasteiger partial charge in [0.05, 0.1) is 6.04 Å². The van der Waals surface area contributed by atoms with E-state index in [9.17, 15) is 8.78 Å². The molecular formula is C26H26F2N2. The van der Waals surface area contributed by atoms with Crippen LogP contribution in [0, 0.1) is 11.6 Å². The van der Waals surface area contributed by atoms with E-state index in [-0.39, 0.29) is 11.1 Å². The Morgan fingerprint density at radius 1 is 0.767 bits per heavy atom. The van der Waals surface area contributed by atoms with E-state index in [2.05, 4.69) is 0 Å². The SMILES string of the molecule is [2H]C1([2H])N(CC=Cc2ccccc2)C([2H])([2H])C([2H])([2H])N(C(c2ccc(F)cc2)c2ccc(F)cc2)C1([2H])[2H]. The maximum Gasteiger partial charge on any atom is 0.123 e. The molecule has 4 rings (SSSR count). The van der Waals surface area contributed by atoms with Gasteiger partial charge in [0.15, 0.2) is 0 Å². The Morgan fingerprint density at radius 3 is 1.83 bits per heavy atom. The topological polar surface area (TPSA) is 6.48 Å². The second-order valence-corrected chi connectivity index (χ2v) is 6.75. The first-order valence-electron chi connectivity index (χ1n) is 13.5. The summed E-state index contributed by atoms with van der Waals surface area (Å²) in [4.78, 5) is 1.03. The molecule has 1 aliphatic rings. The van der Waals surface area contributed by atoms with Crippen LogP contribution in [0.25, 0.3) is 6.08 Å². The third-order valence-corrected chi connectivity index (χ3v) is 4.64. The van der Waals surface area contributed by atoms with Crippen LogP contribution in [0.2, 0.25) is 0 Å². The van der Waals surface area contributed by atoms with Crippen molar-refractivity contribution in [2.75, 3.05) is 32.5 Å². The van der Waals surface area contributed by atoms with E-state index in [1.807, 2.05) is 6.07 Å². The zero-order valence-electron chi connectivity index (χ0n) is 24.1. The lowest BCUT2D eigenvalue weighted by molar-refractivity contribution is 0.118. The summed E-state index contributed by atoms with van der Waals surface area (Å²) in [5, 5.41) is 0. The number of piperazine rings is 1. The highest BCUT2D eigenvalue weighted by Crippen LogP contribution is 2.30. The van der Waals surface area contributed by atoms with Gasteiger partial charge in [-0.25, -0.2) is 8.78 Å². The number of hydrogen-bond donors (Lipinski definition) is 0. The molecule has 0 N–H and O–H groups in total. The van der Waals surface area contributed by atoms with Gasteiger partial charge in [0.2, 0.25) is 0 Å². The van der Waals surface area contributed by atoms with E-state index in [1.165, 1.54) is 30.3 Å². The molecule has 0 unspecified atom stereocenters. The summed E-state index contributed by atoms with van der Waals surface area (Å²) in [6.45, 7) is -12.7. The molecule has 30 heavy (non-hydrogen) atoms. The Morgan fingerprint density at radius 2 is 1.30 bits per heavy atom. The Balaban J connectivity index is 1.84. The average molecular weight is 413 g/mol. The maximum atomic E-state index is 13.7. The fraction of sp³-hybridized carbons (Fsp3) is 0.231. The first kappa shape index (κ1) is 12.8. The molecule has 4 heteroatoms. The first-order chi connectivity index (χ1) is 17.7. The standard InChI is InChI=1S/C26H26F2N2/c27-24-12-8-22(9-13-24)26(23-10-14-25(28)15-11-23)30-19-17-29(18-20-30)16-4-7-21-5-2-1-3-6-21/h1-15,26H,16-20H2/i17D2,18D2,19D2,20D2. The summed E-state index contributed by atoms with van der Waals surface area (Å²) in [6.07, 6.45) is 3.06. The summed E-state index contributed by atoms with van der Waals surface area (Å²) in [7, 11) is 0. The fourth-order valence-electron chi connectivity index (χ4n) is 3.14. The van der Waals surface area contributed by atoms with Crippen molar-refractivity contribution in [3.05, 3.63) is 113 Å². The molecular weight excluding hydrogens is 378 g/mol. The molecule has 1 aliphatic heterocycles. The van der Waals surface area contributed by atoms with E-state index in [1.54, 1.807) is 30.3 Å². The lowest BCUT2D eigenvalue weighted by Gasteiger charge is -2.39. The van der Waals surface area contributed by atoms with Gasteiger partial charge in [-0.2, -0.15) is 0 Å². The Bertz CT molecular complexity index is 1210. The summed E-state index contributed by atoms with van der Waals surface area (Å²) in [6, 6.07) is 17.0. The van der Waals surface area contributed by atoms with E-state index in [0.29, 0.717) is 9.80 Å². The highest BCUT2D eigenvalue weighted by atomic mass is 19.1. The van der Waals surface area contributed by atoms with Gasteiger partial charge in [0, 0.05) is 43.5 Å². The minimum atomic E-state index is -3.11. The predicted octanol–water partition coefficient (Wildman–Crippen LogP) is 5.39. The van der Waals surface area contributed by atoms with Crippen LogP contribution in [-0.2, 0) is 0 Å². The van der Waals surface area contributed by atoms with Gasteiger partial charge in [-0.1, -0.05) is 66.7 Å². The molecule has 0 saturated carbocycles. The minimum Gasteiger partial charge on any atom is -0.297 e. The Labute approximate surface area is 188 Å². The molecule has 0 aromatic heterocycles. The van der Waals surface area contributed by atoms with Crippen LogP contribution < -0.4 is 0 Å². The van der Waals surface area contributed by atoms with Crippen molar-refractivity contribution in [2.45, 2.75) is 6.04 Å². The van der Waals surface area contributed by atoms with Gasteiger partial charge in [-0.05, 0) is 41.0 Å². The molecule has 3 aromatic carbocycles. The van der Waals surface area contributed by atoms with Crippen molar-refractivity contribution in [1.82, 2.24) is 9.80 Å². The van der Waals surface area contributed by atoms with E-state index < -0.39 is 50.2 Å². The quantitative estimate of drug-likeness (QED) is 0.536. The summed E-state index contributed by atoms with van der Waals surface area (Å²) < 4.78 is 97.9. The van der Waals surface area contributed by atoms with Crippen LogP contribution in [0.4, 0.5) is 8.78 Å². The van der Waals surface area contributed by atoms with Gasteiger partial charge in [0.1, 0.15) is 11.6 Å². The molecule has 0 spiro atoms. The Kier molecular flexibility index (Phi) is 4.17. The average Bonchev–Trinajstić information content (AvgIpc) is 2.85. The zero-order valence-corrected chi connectivity index (χ0v) is 16.1. The molecule has 0 bridgehead atoms. The van der Waals surface area contributed by atoms with Crippen molar-refractivity contribution >= 4 is 6.08 Å². The van der Waals surface area contributed by atoms with Gasteiger partial charge >= 0.3 is 0 Å². The first-order valence-corrected chi connectivity index (χ1v) is 9.51. The number of halogens is 2. The minimum absolute atomic E-state index is 0.176. The molecule has 0 atom stereocenters. The van der Waals surface area contributed by atoms with Crippen molar-refractivity contribution < 1.29 is 19.7 Å². The van der Waals surface area contributed by atoms with Crippen LogP contribution in [0.5, 0.6) is 0 Å². The van der Waals surface area contributed by atoms with E-state index in [0.717, 1.165) is 29.8 Å². The van der Waals surface area contributed by atoms with Crippen LogP contribution in [0.3, 0.4) is 0 Å². The van der Waals surface area contributed by atoms with Crippen LogP contribution in [0.1, 0.15) is 33.7 Å². The van der Waals surface area contributed by atoms with Crippen LogP contribution in [-0.4, -0.2) is 42.3 Å². The molecule has 2 nitrogen and oxygen atoms in total. The molecule has 0 radical (unpaired) electrons. The third kappa shape index (κ3) is 5.21. The fourth-order valence-corrected chi connectivity index (χ4v) is 3.14. The number of rotatable bonds is 6. The largest absolute Gasteiger partial charge is 0.297 e. The molecule has 1 heterocycles. The van der Waals surface area contributed by atoms with Gasteiger partial charge in [0.25, 0.3) is 0 Å². The molecule has 154 valence electrons. The molecule has 1 saturated heterocycles. The van der Waals surface area contributed by atoms with Crippen molar-refractivity contribution in [3.8, 4) is 0 Å². The number of nitrogens with zero attached hydrogens (tertiary/aromatic N) is 2. The zero-order chi connectivity index (χ0) is 27.9. The van der Waals surface area contributed by atoms with Crippen LogP contribution >= 0.6 is 0 Å². The summed E-state index contributed by atoms with van der Waals surface area (Å²) in [5.41, 5.74) is 1.11. The highest BCUT2D eigenvalue weighted by molar-refractivity contribution is 5.48. The lowest BCUT2D eigenvalue weighted by Crippen LogP contribution is -2.47. The molecule has 1 fully saturated rings. The maximum absolute atomic E-state index is 13.7. The van der Waals surface area contributed by atoms with E-state index in [4.69, 9.17) is 11.0 Å². The summed E-state index contributed by atoms with van der Waals surface area (Å²) in [5.74, 6) is -1.20. The predicted molar refractivity (Wildman–Crippen MR) is 118 cm³/mol. The second-order valence-electron chi connectivity index (χ2n) is 6.75. The normalized spacial score (nSPS) is 26.5. The van der Waals surface area contributed by atoms with Gasteiger partial charge in [-0.3, -0.25) is 9.80 Å². The monoisotopic (exact) mass is 412 g/mol. The van der Waals surface area contributed by atoms with E-state index >= 15 is 0 Å². The molecule has 0 aliphatic carbocycles. The lowest BCUT2D eigenvalue weighted by atomic mass is 9.96. The molecule has 0 amide bonds. The van der Waals surface area contributed by atoms with Crippen molar-refractivity contribution in [2.24, 2.45) is 0 Å². The van der Waals surface area contributed by atoms with Gasteiger partial charge in [-0.15, -0.1) is 0 Å². The Hall–Kier alpha value is -2.82. The van der Waals surface area contributed by atoms with Crippen LogP contribution in [0.15, 0.2) is 84.9 Å². The highest BCUT2D eigenvalue weighted by Gasteiger charge is 2.26. The second kappa shape index (κ2) is 9.79. The summed E-state index contributed by atoms with van der Waals surface area (Å²) >= 11 is 0. The third-order valence-electron chi connectivity index (χ3n) is 4.64.